The van der Waals surface area contributed by atoms with E-state index in [-0.39, 0.29) is 36.5 Å². The third-order valence-corrected chi connectivity index (χ3v) is 26.3. The van der Waals surface area contributed by atoms with Crippen LogP contribution in [0.5, 0.6) is 0 Å². The highest BCUT2D eigenvalue weighted by Crippen LogP contribution is 2.66. The minimum atomic E-state index is -2.63. The topological polar surface area (TPSA) is 206 Å². The summed E-state index contributed by atoms with van der Waals surface area (Å²) in [7, 11) is -5.17. The van der Waals surface area contributed by atoms with Gasteiger partial charge in [0.2, 0.25) is 0 Å². The molecule has 4 aliphatic rings. The number of carbonyl (C=O) groups excluding carboxylic acids is 4. The van der Waals surface area contributed by atoms with Crippen LogP contribution in [0.1, 0.15) is 140 Å². The molecule has 0 spiro atoms. The number of rotatable bonds is 19. The van der Waals surface area contributed by atoms with Crippen LogP contribution in [0.2, 0.25) is 36.3 Å². The van der Waals surface area contributed by atoms with E-state index in [2.05, 4.69) is 26.1 Å². The first-order chi connectivity index (χ1) is 32.5. The van der Waals surface area contributed by atoms with E-state index in [1.807, 2.05) is 34.6 Å². The third kappa shape index (κ3) is 10.7. The molecule has 1 aromatic carbocycles. The Morgan fingerprint density at radius 2 is 1.46 bits per heavy atom. The van der Waals surface area contributed by atoms with E-state index < -0.39 is 123 Å². The van der Waals surface area contributed by atoms with Gasteiger partial charge in [0.05, 0.1) is 36.3 Å². The lowest BCUT2D eigenvalue weighted by Crippen LogP contribution is -2.82. The van der Waals surface area contributed by atoms with Crippen LogP contribution in [-0.4, -0.2) is 128 Å². The number of ether oxygens (including phenoxy) is 5. The molecule has 15 nitrogen and oxygen atoms in total. The predicted octanol–water partition coefficient (Wildman–Crippen LogP) is 8.78. The molecular weight excluding hydrogens is 931 g/mol. The number of carbonyl (C=O) groups is 4. The van der Waals surface area contributed by atoms with Gasteiger partial charge in [0.25, 0.3) is 0 Å². The number of amides is 1. The molecule has 70 heavy (non-hydrogen) atoms. The smallest absolute Gasteiger partial charge is 0.407 e. The van der Waals surface area contributed by atoms with Gasteiger partial charge in [0.1, 0.15) is 35.6 Å². The number of aliphatic hydroxyl groups is 3. The maximum Gasteiger partial charge on any atom is 0.407 e. The molecule has 1 saturated heterocycles. The lowest BCUT2D eigenvalue weighted by Gasteiger charge is -2.70. The number of fused-ring (bicyclic) bond motifs is 5. The molecule has 0 aromatic heterocycles. The zero-order chi connectivity index (χ0) is 52.6. The highest BCUT2D eigenvalue weighted by atomic mass is 28.4. The predicted molar refractivity (Wildman–Crippen MR) is 271 cm³/mol. The first-order valence-corrected chi connectivity index (χ1v) is 31.0. The summed E-state index contributed by atoms with van der Waals surface area (Å²) in [6, 6.07) is 11.8. The van der Waals surface area contributed by atoms with E-state index in [1.54, 1.807) is 78.8 Å². The summed E-state index contributed by atoms with van der Waals surface area (Å²) in [5.41, 5.74) is -6.93. The van der Waals surface area contributed by atoms with Gasteiger partial charge in [-0.25, -0.2) is 14.4 Å². The van der Waals surface area contributed by atoms with Crippen molar-refractivity contribution in [2.24, 2.45) is 22.7 Å². The van der Waals surface area contributed by atoms with Gasteiger partial charge in [-0.3, -0.25) is 4.79 Å². The van der Waals surface area contributed by atoms with Gasteiger partial charge in [-0.05, 0) is 99.6 Å². The molecule has 4 N–H and O–H groups in total. The lowest BCUT2D eigenvalue weighted by molar-refractivity contribution is -0.363. The van der Waals surface area contributed by atoms with Gasteiger partial charge in [-0.15, -0.1) is 0 Å². The summed E-state index contributed by atoms with van der Waals surface area (Å²) in [5, 5.41) is 43.4. The Hall–Kier alpha value is -3.17. The van der Waals surface area contributed by atoms with Gasteiger partial charge in [0.15, 0.2) is 28.3 Å². The van der Waals surface area contributed by atoms with Crippen LogP contribution in [0.15, 0.2) is 41.5 Å². The van der Waals surface area contributed by atoms with Gasteiger partial charge >= 0.3 is 24.0 Å². The monoisotopic (exact) mass is 1020 g/mol. The van der Waals surface area contributed by atoms with Crippen molar-refractivity contribution in [3.05, 3.63) is 47.0 Å². The summed E-state index contributed by atoms with van der Waals surface area (Å²) < 4.78 is 46.2. The van der Waals surface area contributed by atoms with Crippen molar-refractivity contribution in [2.75, 3.05) is 6.61 Å². The Bertz CT molecular complexity index is 2030. The summed E-state index contributed by atoms with van der Waals surface area (Å²) >= 11 is 0. The van der Waals surface area contributed by atoms with Crippen LogP contribution in [0, 0.1) is 22.7 Å². The van der Waals surface area contributed by atoms with Crippen molar-refractivity contribution in [1.29, 1.82) is 0 Å². The number of nitrogens with one attached hydrogen (secondary N) is 1. The number of alkyl carbamates (subject to hydrolysis) is 1. The molecule has 1 heterocycles. The van der Waals surface area contributed by atoms with Crippen LogP contribution in [0.25, 0.3) is 0 Å². The molecule has 5 rings (SSSR count). The second kappa shape index (κ2) is 21.7. The quantitative estimate of drug-likeness (QED) is 0.0443. The summed E-state index contributed by atoms with van der Waals surface area (Å²) in [6.07, 6.45) is -9.77. The van der Waals surface area contributed by atoms with Crippen LogP contribution in [0.3, 0.4) is 0 Å². The lowest BCUT2D eigenvalue weighted by atomic mass is 9.44. The zero-order valence-electron chi connectivity index (χ0n) is 45.1. The molecule has 1 aliphatic heterocycles. The van der Waals surface area contributed by atoms with E-state index in [1.165, 1.54) is 6.92 Å². The number of benzene rings is 1. The molecule has 3 aliphatic carbocycles. The Morgan fingerprint density at radius 3 is 1.94 bits per heavy atom. The van der Waals surface area contributed by atoms with Crippen molar-refractivity contribution in [2.45, 2.75) is 232 Å². The first-order valence-electron chi connectivity index (χ1n) is 26.0. The second-order valence-electron chi connectivity index (χ2n) is 22.8. The number of aliphatic hydroxyl groups excluding tert-OH is 2. The minimum absolute atomic E-state index is 0.00981. The van der Waals surface area contributed by atoms with Crippen molar-refractivity contribution < 1.29 is 67.0 Å². The highest BCUT2D eigenvalue weighted by molar-refractivity contribution is 6.74. The molecule has 3 fully saturated rings. The van der Waals surface area contributed by atoms with E-state index in [0.717, 1.165) is 18.1 Å². The summed E-state index contributed by atoms with van der Waals surface area (Å²) in [6.45, 7) is 29.7. The normalized spacial score (nSPS) is 31.7. The SMILES string of the molecule is CC[Si](CC)(CC)OC1C[C@H]2OC[C@@]2(OC(C)=O)[C@H]2[C@H](OC(=O)c3ccccc3)[C@]3(O)C[C@H](OC(=O)[C@H](O[Si](CC)(CC)CC)[C@H](CC(C)C)NC(=O)OC(C)(C)C)C(C)=C([C@@H](O)C(O)[C@]12C)C3(C)C. The maximum atomic E-state index is 15.3. The fraction of sp³-hybridized carbons (Fsp3) is 0.774. The number of esters is 3. The molecule has 12 atom stereocenters. The minimum Gasteiger partial charge on any atom is -0.456 e. The van der Waals surface area contributed by atoms with Gasteiger partial charge in [0, 0.05) is 30.6 Å². The van der Waals surface area contributed by atoms with E-state index >= 15 is 4.79 Å². The van der Waals surface area contributed by atoms with Crippen molar-refractivity contribution in [3.63, 3.8) is 0 Å². The molecule has 0 radical (unpaired) electrons. The van der Waals surface area contributed by atoms with E-state index in [0.29, 0.717) is 30.1 Å². The average Bonchev–Trinajstić information content (AvgIpc) is 3.28. The maximum absolute atomic E-state index is 15.3. The molecular formula is C53H87NO14Si2. The van der Waals surface area contributed by atoms with Crippen LogP contribution < -0.4 is 5.32 Å². The Balaban J connectivity index is 1.79. The molecule has 2 unspecified atom stereocenters. The molecule has 1 amide bonds. The molecule has 396 valence electrons. The van der Waals surface area contributed by atoms with Gasteiger partial charge < -0.3 is 53.2 Å². The Kier molecular flexibility index (Phi) is 17.9. The molecule has 1 aromatic rings. The van der Waals surface area contributed by atoms with Gasteiger partial charge in [-0.2, -0.15) is 0 Å². The van der Waals surface area contributed by atoms with Gasteiger partial charge in [-0.1, -0.05) is 94.4 Å². The summed E-state index contributed by atoms with van der Waals surface area (Å²) in [4.78, 5) is 57.0. The van der Waals surface area contributed by atoms with Crippen LogP contribution >= 0.6 is 0 Å². The van der Waals surface area contributed by atoms with E-state index in [9.17, 15) is 29.7 Å². The highest BCUT2D eigenvalue weighted by Gasteiger charge is 2.78. The van der Waals surface area contributed by atoms with Crippen LogP contribution in [0.4, 0.5) is 4.79 Å². The summed E-state index contributed by atoms with van der Waals surface area (Å²) in [5.74, 6) is -3.50. The number of hydrogen-bond acceptors (Lipinski definition) is 14. The van der Waals surface area contributed by atoms with Crippen LogP contribution in [-0.2, 0) is 42.1 Å². The largest absolute Gasteiger partial charge is 0.456 e. The third-order valence-electron chi connectivity index (χ3n) is 17.0. The first kappa shape index (κ1) is 57.7. The second-order valence-corrected chi connectivity index (χ2v) is 32.2. The van der Waals surface area contributed by atoms with E-state index in [4.69, 9.17) is 32.5 Å². The zero-order valence-corrected chi connectivity index (χ0v) is 47.1. The molecule has 2 saturated carbocycles. The number of hydrogen-bond donors (Lipinski definition) is 4. The average molecular weight is 1020 g/mol. The van der Waals surface area contributed by atoms with Crippen molar-refractivity contribution in [1.82, 2.24) is 5.32 Å². The fourth-order valence-corrected chi connectivity index (χ4v) is 18.2. The molecule has 17 heteroatoms. The standard InChI is InChI=1S/C53H87NO14Si2/c1-17-69(18-2,19-3)67-38-29-39-52(31-62-39,65-34(10)55)43-45(64-46(58)35-26-24-23-25-27-35)53(61)30-37(33(9)40(50(53,14)15)41(56)44(57)51(38,43)16)63-47(59)42(68-70(20-4,21-5)22-6)36(28-32(7)8)54-48(60)66-49(11,12)13/h23-27,32,36-39,41-45,56-57,61H,17-22,28-31H2,1-16H3,(H,54,60)/t36-,37-,38?,39+,41+,42+,43-,44?,45-,51+,52-,53+/m0/s1. The Labute approximate surface area is 419 Å². The van der Waals surface area contributed by atoms with Crippen molar-refractivity contribution in [3.8, 4) is 0 Å². The van der Waals surface area contributed by atoms with Crippen molar-refractivity contribution >= 4 is 40.6 Å². The Morgan fingerprint density at radius 1 is 0.886 bits per heavy atom. The molecule has 2 bridgehead atoms. The fourth-order valence-electron chi connectivity index (χ4n) is 12.4.